The normalized spacial score (nSPS) is 2.29. The Morgan fingerprint density at radius 2 is 1.14 bits per heavy atom. The van der Waals surface area contributed by atoms with Crippen molar-refractivity contribution in [3.63, 3.8) is 0 Å². The first-order valence-corrected chi connectivity index (χ1v) is 1.79. The fourth-order valence-electron chi connectivity index (χ4n) is 0. The highest BCUT2D eigenvalue weighted by Gasteiger charge is 1.09. The molecule has 0 nitrogen and oxygen atoms in total. The van der Waals surface area contributed by atoms with Crippen LogP contribution in [-0.4, -0.2) is 0 Å². The first kappa shape index (κ1) is 16.6. The zero-order chi connectivity index (χ0) is 6.71. The molecule has 0 aliphatic carbocycles. The largest absolute Gasteiger partial charge is 0.120 e. The molecule has 0 aliphatic rings. The molecule has 40 valence electrons. The van der Waals surface area contributed by atoms with E-state index in [4.69, 9.17) is 0 Å². The average molecular weight is 96.2 g/mol. The van der Waals surface area contributed by atoms with E-state index < -0.39 is 0 Å². The molecule has 0 aromatic heterocycles. The summed E-state index contributed by atoms with van der Waals surface area (Å²) >= 11 is 0. The lowest BCUT2D eigenvalue weighted by atomic mass is 10.9. The molecule has 0 spiro atoms. The highest BCUT2D eigenvalue weighted by atomic mass is 13.2. The van der Waals surface area contributed by atoms with E-state index in [1.165, 1.54) is 0 Å². The molecule has 0 heteroatoms. The Morgan fingerprint density at radius 1 is 1.14 bits per heavy atom. The molecule has 0 aromatic rings. The second kappa shape index (κ2) is 51400. The smallest absolute Gasteiger partial charge is 0.00297 e. The van der Waals surface area contributed by atoms with Gasteiger partial charge in [0.05, 0.1) is 0 Å². The second-order valence-corrected chi connectivity index (χ2v) is 0.289. The van der Waals surface area contributed by atoms with Crippen LogP contribution in [0.5, 0.6) is 0 Å². The van der Waals surface area contributed by atoms with Crippen molar-refractivity contribution in [3.8, 4) is 12.3 Å². The molecular formula is C7H12. The lowest BCUT2D eigenvalue weighted by Crippen LogP contribution is -1.10. The Labute approximate surface area is 46.6 Å². The minimum Gasteiger partial charge on any atom is -0.120 e. The highest BCUT2D eigenvalue weighted by molar-refractivity contribution is 4.73. The maximum Gasteiger partial charge on any atom is -0.00297 e. The van der Waals surface area contributed by atoms with Crippen molar-refractivity contribution in [2.75, 3.05) is 0 Å². The third-order valence-corrected chi connectivity index (χ3v) is 0. The molecule has 0 heterocycles. The Balaban J connectivity index is -0.0000000360. The maximum atomic E-state index is 4.60. The highest BCUT2D eigenvalue weighted by Crippen LogP contribution is 1.21. The summed E-state index contributed by atoms with van der Waals surface area (Å²) in [5, 5.41) is 0. The van der Waals surface area contributed by atoms with Crippen LogP contribution < -0.4 is 0 Å². The van der Waals surface area contributed by atoms with E-state index in [0.29, 0.717) is 0 Å². The van der Waals surface area contributed by atoms with Crippen LogP contribution in [0, 0.1) is 12.3 Å². The molecule has 0 bridgehead atoms. The lowest BCUT2D eigenvalue weighted by molar-refractivity contribution is 1.94. The molecule has 0 atom stereocenters. The first-order valence-electron chi connectivity index (χ1n) is 1.79. The molecule has 0 saturated heterocycles. The van der Waals surface area contributed by atoms with Crippen molar-refractivity contribution < 1.29 is 0 Å². The first-order chi connectivity index (χ1) is 3.41. The van der Waals surface area contributed by atoms with Gasteiger partial charge in [0.2, 0.25) is 0 Å². The quantitative estimate of drug-likeness (QED) is 0.320. The lowest BCUT2D eigenvalue weighted by Gasteiger charge is -1.23. The van der Waals surface area contributed by atoms with E-state index in [9.17, 15) is 0 Å². The van der Waals surface area contributed by atoms with Gasteiger partial charge in [0.15, 0.2) is 0 Å². The zero-order valence-corrected chi connectivity index (χ0v) is 4.91. The second-order valence-electron chi connectivity index (χ2n) is 0.289. The molecule has 0 radical (unpaired) electrons. The van der Waals surface area contributed by atoms with Crippen molar-refractivity contribution in [3.05, 3.63) is 26.3 Å². The predicted molar refractivity (Wildman–Crippen MR) is 37.0 cm³/mol. The van der Waals surface area contributed by atoms with Gasteiger partial charge in [-0.25, -0.2) is 0 Å². The molecule has 0 rings (SSSR count). The van der Waals surface area contributed by atoms with Crippen molar-refractivity contribution in [2.24, 2.45) is 0 Å². The number of terminal acetylenes is 1. The van der Waals surface area contributed by atoms with Gasteiger partial charge < -0.3 is 0 Å². The number of hydrogen-bond acceptors (Lipinski definition) is 0. The fraction of sp³-hybridized carbons (Fsp3) is 0.143. The monoisotopic (exact) mass is 96.1 g/mol. The summed E-state index contributed by atoms with van der Waals surface area (Å²) in [6.07, 6.45) is 4.60. The molecule has 0 aromatic carbocycles. The summed E-state index contributed by atoms with van der Waals surface area (Å²) in [5.74, 6) is 2.25. The third-order valence-electron chi connectivity index (χ3n) is 0. The van der Waals surface area contributed by atoms with Gasteiger partial charge in [-0.2, -0.15) is 0 Å². The minimum absolute atomic E-state index is 1.65. The van der Waals surface area contributed by atoms with Gasteiger partial charge in [0.25, 0.3) is 0 Å². The topological polar surface area (TPSA) is 0 Å². The van der Waals surface area contributed by atoms with Crippen LogP contribution in [0.1, 0.15) is 6.92 Å². The van der Waals surface area contributed by atoms with Gasteiger partial charge >= 0.3 is 0 Å². The van der Waals surface area contributed by atoms with E-state index in [-0.39, 0.29) is 0 Å². The van der Waals surface area contributed by atoms with Gasteiger partial charge in [0, 0.05) is 0 Å². The van der Waals surface area contributed by atoms with Crippen LogP contribution >= 0.6 is 0 Å². The van der Waals surface area contributed by atoms with Gasteiger partial charge in [-0.05, 0) is 6.92 Å². The van der Waals surface area contributed by atoms with Crippen LogP contribution in [0.4, 0.5) is 0 Å². The Hall–Kier alpha value is -0.960. The van der Waals surface area contributed by atoms with Crippen LogP contribution in [0.15, 0.2) is 26.3 Å². The summed E-state index contributed by atoms with van der Waals surface area (Å²) in [4.78, 5) is 0. The fourth-order valence-corrected chi connectivity index (χ4v) is 0. The summed E-state index contributed by atoms with van der Waals surface area (Å²) < 4.78 is 0. The molecule has 0 unspecified atom stereocenters. The van der Waals surface area contributed by atoms with E-state index in [0.717, 1.165) is 0 Å². The Kier molecular flexibility index (Phi) is 122000. The third kappa shape index (κ3) is 50.5. The zero-order valence-electron chi connectivity index (χ0n) is 4.91. The summed E-state index contributed by atoms with van der Waals surface area (Å²) in [7, 11) is 0. The molecule has 7 heavy (non-hydrogen) atoms. The summed E-state index contributed by atoms with van der Waals surface area (Å²) in [5.41, 5.74) is 0. The van der Waals surface area contributed by atoms with Crippen molar-refractivity contribution in [2.45, 2.75) is 6.92 Å². The van der Waals surface area contributed by atoms with Gasteiger partial charge in [-0.3, -0.25) is 0 Å². The van der Waals surface area contributed by atoms with E-state index in [2.05, 4.69) is 38.7 Å². The Morgan fingerprint density at radius 3 is 1.14 bits per heavy atom. The van der Waals surface area contributed by atoms with E-state index in [1.54, 1.807) is 6.92 Å². The molecule has 0 fully saturated rings. The van der Waals surface area contributed by atoms with Crippen LogP contribution in [0.25, 0.3) is 0 Å². The number of hydrogen-bond donors (Lipinski definition) is 0. The van der Waals surface area contributed by atoms with E-state index in [1.807, 2.05) is 0 Å². The standard InChI is InChI=1S/C3H4.2C2H4/c1-3-2;2*1-2/h1H,2H3;2*1-2H2. The van der Waals surface area contributed by atoms with Gasteiger partial charge in [0.1, 0.15) is 0 Å². The van der Waals surface area contributed by atoms with Crippen LogP contribution in [0.3, 0.4) is 0 Å². The van der Waals surface area contributed by atoms with Crippen LogP contribution in [-0.2, 0) is 0 Å². The number of rotatable bonds is 0. The molecule has 0 aliphatic heterocycles. The minimum atomic E-state index is 1.65. The van der Waals surface area contributed by atoms with Gasteiger partial charge in [-0.1, -0.05) is 0 Å². The molecular weight excluding hydrogens is 84.1 g/mol. The van der Waals surface area contributed by atoms with Crippen LogP contribution in [0.2, 0.25) is 0 Å². The summed E-state index contributed by atoms with van der Waals surface area (Å²) in [6, 6.07) is 0. The predicted octanol–water partition coefficient (Wildman–Crippen LogP) is 2.24. The van der Waals surface area contributed by atoms with E-state index >= 15 is 0 Å². The molecule has 0 N–H and O–H groups in total. The van der Waals surface area contributed by atoms with Gasteiger partial charge in [-0.15, -0.1) is 38.7 Å². The van der Waals surface area contributed by atoms with Crippen molar-refractivity contribution in [1.82, 2.24) is 0 Å². The Bertz CT molecular complexity index is 36.5. The molecule has 0 saturated carbocycles. The SMILES string of the molecule is C#CC.C=C.C=C. The maximum absolute atomic E-state index is 4.60. The van der Waals surface area contributed by atoms with Crippen molar-refractivity contribution in [1.29, 1.82) is 0 Å². The summed E-state index contributed by atoms with van der Waals surface area (Å²) in [6.45, 7) is 13.7. The molecule has 0 amide bonds. The van der Waals surface area contributed by atoms with Crippen molar-refractivity contribution >= 4 is 0 Å². The average Bonchev–Trinajstić information content (AvgIpc) is 1.78.